The summed E-state index contributed by atoms with van der Waals surface area (Å²) in [6.07, 6.45) is -0.286. The number of ketones is 1. The average molecular weight is 323 g/mol. The third-order valence-corrected chi connectivity index (χ3v) is 4.06. The summed E-state index contributed by atoms with van der Waals surface area (Å²) in [5.74, 6) is -1.33. The van der Waals surface area contributed by atoms with Crippen molar-refractivity contribution in [1.82, 2.24) is 0 Å². The molecule has 7 heteroatoms. The summed E-state index contributed by atoms with van der Waals surface area (Å²) in [6, 6.07) is 6.66. The van der Waals surface area contributed by atoms with E-state index in [4.69, 9.17) is 4.74 Å². The highest BCUT2D eigenvalue weighted by atomic mass is 16.6. The number of esters is 1. The van der Waals surface area contributed by atoms with Crippen molar-refractivity contribution in [2.45, 2.75) is 38.1 Å². The number of ether oxygens (including phenoxy) is 2. The van der Waals surface area contributed by atoms with Gasteiger partial charge in [-0.2, -0.15) is 0 Å². The van der Waals surface area contributed by atoms with E-state index in [9.17, 15) is 19.7 Å². The van der Waals surface area contributed by atoms with Crippen LogP contribution in [-0.2, 0) is 14.3 Å². The van der Waals surface area contributed by atoms with Gasteiger partial charge in [0, 0.05) is 17.8 Å². The lowest BCUT2D eigenvalue weighted by atomic mass is 9.77. The Morgan fingerprint density at radius 1 is 1.26 bits per heavy atom. The van der Waals surface area contributed by atoms with Gasteiger partial charge in [-0.1, -0.05) is 19.1 Å². The molecule has 0 fully saturated rings. The second-order valence-electron chi connectivity index (χ2n) is 5.37. The number of hydrogen-bond donors (Lipinski definition) is 0. The predicted octanol–water partition coefficient (Wildman–Crippen LogP) is 2.36. The molecule has 1 rings (SSSR count). The third-order valence-electron chi connectivity index (χ3n) is 4.06. The zero-order valence-electron chi connectivity index (χ0n) is 13.7. The molecule has 0 heterocycles. The van der Waals surface area contributed by atoms with Gasteiger partial charge in [-0.15, -0.1) is 0 Å². The molecule has 7 nitrogen and oxygen atoms in total. The van der Waals surface area contributed by atoms with Crippen LogP contribution in [0.2, 0.25) is 0 Å². The fraction of sp³-hybridized carbons (Fsp3) is 0.500. The Balaban J connectivity index is 3.31. The van der Waals surface area contributed by atoms with Gasteiger partial charge in [0.05, 0.1) is 20.1 Å². The number of rotatable bonds is 8. The summed E-state index contributed by atoms with van der Waals surface area (Å²) in [5.41, 5.74) is -1.41. The van der Waals surface area contributed by atoms with Crippen LogP contribution in [0.25, 0.3) is 0 Å². The van der Waals surface area contributed by atoms with Gasteiger partial charge < -0.3 is 14.3 Å². The van der Waals surface area contributed by atoms with E-state index in [0.29, 0.717) is 11.3 Å². The lowest BCUT2D eigenvalue weighted by Gasteiger charge is -2.28. The third kappa shape index (κ3) is 3.85. The molecular weight excluding hydrogens is 302 g/mol. The number of methoxy groups -OCH3 is 2. The minimum Gasteiger partial charge on any atom is -0.497 e. The SMILES string of the molecule is COC(=O)C(CCC(C)=O)(C(C)c1ccc(OC)cc1)[N+](=O)[O-]. The normalized spacial score (nSPS) is 14.4. The largest absolute Gasteiger partial charge is 0.497 e. The molecule has 2 unspecified atom stereocenters. The van der Waals surface area contributed by atoms with E-state index in [2.05, 4.69) is 4.74 Å². The van der Waals surface area contributed by atoms with E-state index in [1.54, 1.807) is 31.2 Å². The molecule has 2 atom stereocenters. The molecule has 0 aliphatic heterocycles. The molecule has 1 aromatic carbocycles. The molecule has 0 aromatic heterocycles. The smallest absolute Gasteiger partial charge is 0.385 e. The van der Waals surface area contributed by atoms with Crippen LogP contribution in [0.3, 0.4) is 0 Å². The highest BCUT2D eigenvalue weighted by Gasteiger charge is 2.57. The van der Waals surface area contributed by atoms with Crippen LogP contribution in [0.15, 0.2) is 24.3 Å². The summed E-state index contributed by atoms with van der Waals surface area (Å²) in [7, 11) is 2.62. The van der Waals surface area contributed by atoms with E-state index in [0.717, 1.165) is 7.11 Å². The number of hydrogen-bond acceptors (Lipinski definition) is 6. The Labute approximate surface area is 134 Å². The standard InChI is InChI=1S/C16H21NO6/c1-11(18)9-10-16(17(20)21,15(19)23-4)12(2)13-5-7-14(22-3)8-6-13/h5-8,12H,9-10H2,1-4H3. The van der Waals surface area contributed by atoms with Gasteiger partial charge >= 0.3 is 11.5 Å². The molecule has 0 radical (unpaired) electrons. The molecule has 23 heavy (non-hydrogen) atoms. The molecule has 0 bridgehead atoms. The first-order valence-electron chi connectivity index (χ1n) is 7.15. The van der Waals surface area contributed by atoms with Crippen LogP contribution in [-0.4, -0.2) is 36.4 Å². The summed E-state index contributed by atoms with van der Waals surface area (Å²) < 4.78 is 9.74. The Morgan fingerprint density at radius 2 is 1.83 bits per heavy atom. The number of benzene rings is 1. The van der Waals surface area contributed by atoms with Gasteiger partial charge in [0.2, 0.25) is 0 Å². The van der Waals surface area contributed by atoms with Crippen LogP contribution in [0, 0.1) is 10.1 Å². The van der Waals surface area contributed by atoms with Crippen molar-refractivity contribution < 1.29 is 24.0 Å². The van der Waals surface area contributed by atoms with Crippen molar-refractivity contribution in [2.75, 3.05) is 14.2 Å². The van der Waals surface area contributed by atoms with Gasteiger partial charge in [-0.25, -0.2) is 4.79 Å². The quantitative estimate of drug-likeness (QED) is 0.414. The number of Topliss-reactive ketones (excluding diaryl/α,β-unsaturated/α-hetero) is 1. The molecule has 1 aromatic rings. The van der Waals surface area contributed by atoms with Crippen LogP contribution >= 0.6 is 0 Å². The van der Waals surface area contributed by atoms with Crippen molar-refractivity contribution in [2.24, 2.45) is 0 Å². The molecule has 0 saturated heterocycles. The Bertz CT molecular complexity index is 583. The second kappa shape index (κ2) is 7.71. The van der Waals surface area contributed by atoms with E-state index in [1.165, 1.54) is 14.0 Å². The number of nitro groups is 1. The van der Waals surface area contributed by atoms with Crippen molar-refractivity contribution in [3.8, 4) is 5.75 Å². The van der Waals surface area contributed by atoms with E-state index >= 15 is 0 Å². The van der Waals surface area contributed by atoms with Gasteiger partial charge in [0.15, 0.2) is 0 Å². The Morgan fingerprint density at radius 3 is 2.22 bits per heavy atom. The van der Waals surface area contributed by atoms with Crippen LogP contribution in [0.4, 0.5) is 0 Å². The maximum absolute atomic E-state index is 12.2. The first-order valence-corrected chi connectivity index (χ1v) is 7.15. The van der Waals surface area contributed by atoms with Crippen LogP contribution in [0.1, 0.15) is 38.2 Å². The van der Waals surface area contributed by atoms with Crippen LogP contribution < -0.4 is 4.74 Å². The minimum absolute atomic E-state index is 0.0728. The molecule has 0 aliphatic rings. The monoisotopic (exact) mass is 323 g/mol. The van der Waals surface area contributed by atoms with E-state index < -0.39 is 22.3 Å². The summed E-state index contributed by atoms with van der Waals surface area (Å²) in [6.45, 7) is 2.92. The Kier molecular flexibility index (Phi) is 6.24. The van der Waals surface area contributed by atoms with Gasteiger partial charge in [0.25, 0.3) is 0 Å². The highest BCUT2D eigenvalue weighted by Crippen LogP contribution is 2.36. The molecule has 126 valence electrons. The molecule has 0 aliphatic carbocycles. The lowest BCUT2D eigenvalue weighted by molar-refractivity contribution is -0.560. The number of nitrogens with zero attached hydrogens (tertiary/aromatic N) is 1. The summed E-state index contributed by atoms with van der Waals surface area (Å²) in [4.78, 5) is 34.6. The number of carbonyl (C=O) groups excluding carboxylic acids is 2. The maximum Gasteiger partial charge on any atom is 0.385 e. The second-order valence-corrected chi connectivity index (χ2v) is 5.37. The predicted molar refractivity (Wildman–Crippen MR) is 83.1 cm³/mol. The fourth-order valence-electron chi connectivity index (χ4n) is 2.53. The van der Waals surface area contributed by atoms with Crippen molar-refractivity contribution in [3.05, 3.63) is 39.9 Å². The highest BCUT2D eigenvalue weighted by molar-refractivity contribution is 5.82. The topological polar surface area (TPSA) is 95.7 Å². The van der Waals surface area contributed by atoms with E-state index in [-0.39, 0.29) is 18.6 Å². The van der Waals surface area contributed by atoms with Crippen LogP contribution in [0.5, 0.6) is 5.75 Å². The average Bonchev–Trinajstić information content (AvgIpc) is 2.54. The number of carbonyl (C=O) groups is 2. The van der Waals surface area contributed by atoms with Crippen molar-refractivity contribution in [3.63, 3.8) is 0 Å². The fourth-order valence-corrected chi connectivity index (χ4v) is 2.53. The zero-order chi connectivity index (χ0) is 17.6. The molecule has 0 N–H and O–H groups in total. The van der Waals surface area contributed by atoms with Gasteiger partial charge in [-0.05, 0) is 24.6 Å². The zero-order valence-corrected chi connectivity index (χ0v) is 13.7. The molecular formula is C16H21NO6. The summed E-state index contributed by atoms with van der Waals surface area (Å²) >= 11 is 0. The van der Waals surface area contributed by atoms with Crippen molar-refractivity contribution >= 4 is 11.8 Å². The molecule has 0 amide bonds. The lowest BCUT2D eigenvalue weighted by Crippen LogP contribution is -2.51. The van der Waals surface area contributed by atoms with Gasteiger partial charge in [-0.3, -0.25) is 10.1 Å². The Hall–Kier alpha value is -2.44. The first kappa shape index (κ1) is 18.6. The minimum atomic E-state index is -2.00. The van der Waals surface area contributed by atoms with Crippen molar-refractivity contribution in [1.29, 1.82) is 0 Å². The van der Waals surface area contributed by atoms with E-state index in [1.807, 2.05) is 0 Å². The summed E-state index contributed by atoms with van der Waals surface area (Å²) in [5, 5.41) is 11.7. The maximum atomic E-state index is 12.2. The molecule has 0 spiro atoms. The first-order chi connectivity index (χ1) is 10.8. The van der Waals surface area contributed by atoms with Gasteiger partial charge in [0.1, 0.15) is 11.5 Å². The molecule has 0 saturated carbocycles.